The molecular weight excluding hydrogens is 224 g/mol. The van der Waals surface area contributed by atoms with Crippen LogP contribution in [0.3, 0.4) is 0 Å². The standard InChI is InChI=1S/C14H18N4/c15-7-6-14(16)18-10-8-17(9-11-18)12-13-4-2-1-3-5-13/h1-6H,8-12,16H2/b14-6+. The molecule has 0 amide bonds. The predicted octanol–water partition coefficient (Wildman–Crippen LogP) is 1.13. The van der Waals surface area contributed by atoms with Crippen molar-refractivity contribution in [3.63, 3.8) is 0 Å². The van der Waals surface area contributed by atoms with E-state index in [1.54, 1.807) is 0 Å². The van der Waals surface area contributed by atoms with E-state index in [0.717, 1.165) is 32.7 Å². The van der Waals surface area contributed by atoms with Gasteiger partial charge in [0.15, 0.2) is 0 Å². The molecule has 1 aromatic rings. The van der Waals surface area contributed by atoms with Crippen LogP contribution in [0.4, 0.5) is 0 Å². The van der Waals surface area contributed by atoms with Crippen molar-refractivity contribution in [1.82, 2.24) is 9.80 Å². The average Bonchev–Trinajstić information content (AvgIpc) is 2.41. The summed E-state index contributed by atoms with van der Waals surface area (Å²) in [5, 5.41) is 8.57. The lowest BCUT2D eigenvalue weighted by molar-refractivity contribution is 0.152. The lowest BCUT2D eigenvalue weighted by Crippen LogP contribution is -2.46. The highest BCUT2D eigenvalue weighted by molar-refractivity contribution is 5.15. The zero-order valence-corrected chi connectivity index (χ0v) is 10.4. The molecule has 2 rings (SSSR count). The summed E-state index contributed by atoms with van der Waals surface area (Å²) in [5.74, 6) is 0.580. The SMILES string of the molecule is N#C/C=C(\N)N1CCN(Cc2ccccc2)CC1. The van der Waals surface area contributed by atoms with Crippen molar-refractivity contribution in [3.05, 3.63) is 47.8 Å². The predicted molar refractivity (Wildman–Crippen MR) is 71.2 cm³/mol. The van der Waals surface area contributed by atoms with Crippen LogP contribution in [0.5, 0.6) is 0 Å². The Morgan fingerprint density at radius 3 is 2.50 bits per heavy atom. The van der Waals surface area contributed by atoms with Gasteiger partial charge in [0, 0.05) is 32.7 Å². The van der Waals surface area contributed by atoms with Crippen LogP contribution in [0.15, 0.2) is 42.2 Å². The van der Waals surface area contributed by atoms with Crippen molar-refractivity contribution in [1.29, 1.82) is 5.26 Å². The first-order chi connectivity index (χ1) is 8.79. The first kappa shape index (κ1) is 12.5. The van der Waals surface area contributed by atoms with E-state index in [-0.39, 0.29) is 0 Å². The van der Waals surface area contributed by atoms with Gasteiger partial charge in [0.05, 0.1) is 12.1 Å². The Morgan fingerprint density at radius 2 is 1.89 bits per heavy atom. The molecule has 1 heterocycles. The van der Waals surface area contributed by atoms with E-state index in [4.69, 9.17) is 11.0 Å². The number of benzene rings is 1. The van der Waals surface area contributed by atoms with E-state index in [1.807, 2.05) is 12.1 Å². The first-order valence-electron chi connectivity index (χ1n) is 6.16. The van der Waals surface area contributed by atoms with Gasteiger partial charge in [-0.15, -0.1) is 0 Å². The topological polar surface area (TPSA) is 56.3 Å². The van der Waals surface area contributed by atoms with Crippen LogP contribution >= 0.6 is 0 Å². The highest BCUT2D eigenvalue weighted by atomic mass is 15.3. The zero-order chi connectivity index (χ0) is 12.8. The van der Waals surface area contributed by atoms with Crippen LogP contribution in [-0.4, -0.2) is 36.0 Å². The van der Waals surface area contributed by atoms with E-state index in [1.165, 1.54) is 11.6 Å². The number of hydrogen-bond acceptors (Lipinski definition) is 4. The first-order valence-corrected chi connectivity index (χ1v) is 6.16. The third-order valence-electron chi connectivity index (χ3n) is 3.20. The van der Waals surface area contributed by atoms with Gasteiger partial charge < -0.3 is 10.6 Å². The number of allylic oxidation sites excluding steroid dienone is 1. The second-order valence-electron chi connectivity index (χ2n) is 4.45. The smallest absolute Gasteiger partial charge is 0.109 e. The van der Waals surface area contributed by atoms with Crippen LogP contribution in [0.2, 0.25) is 0 Å². The Bertz CT molecular complexity index is 439. The van der Waals surface area contributed by atoms with Crippen LogP contribution in [-0.2, 0) is 6.54 Å². The molecule has 0 unspecified atom stereocenters. The fraction of sp³-hybridized carbons (Fsp3) is 0.357. The molecule has 4 heteroatoms. The molecule has 0 atom stereocenters. The molecule has 1 aliphatic heterocycles. The molecule has 18 heavy (non-hydrogen) atoms. The summed E-state index contributed by atoms with van der Waals surface area (Å²) in [7, 11) is 0. The lowest BCUT2D eigenvalue weighted by atomic mass is 10.2. The van der Waals surface area contributed by atoms with Gasteiger partial charge in [-0.25, -0.2) is 0 Å². The Hall–Kier alpha value is -1.99. The van der Waals surface area contributed by atoms with E-state index in [9.17, 15) is 0 Å². The Morgan fingerprint density at radius 1 is 1.22 bits per heavy atom. The van der Waals surface area contributed by atoms with E-state index >= 15 is 0 Å². The van der Waals surface area contributed by atoms with Crippen LogP contribution < -0.4 is 5.73 Å². The quantitative estimate of drug-likeness (QED) is 0.807. The highest BCUT2D eigenvalue weighted by Gasteiger charge is 2.17. The number of nitrogens with zero attached hydrogens (tertiary/aromatic N) is 3. The Balaban J connectivity index is 1.84. The van der Waals surface area contributed by atoms with Crippen molar-refractivity contribution in [2.24, 2.45) is 5.73 Å². The highest BCUT2D eigenvalue weighted by Crippen LogP contribution is 2.09. The molecule has 94 valence electrons. The summed E-state index contributed by atoms with van der Waals surface area (Å²) >= 11 is 0. The van der Waals surface area contributed by atoms with E-state index in [2.05, 4.69) is 34.1 Å². The molecule has 0 aromatic heterocycles. The average molecular weight is 242 g/mol. The lowest BCUT2D eigenvalue weighted by Gasteiger charge is -2.35. The largest absolute Gasteiger partial charge is 0.385 e. The molecule has 1 fully saturated rings. The van der Waals surface area contributed by atoms with Gasteiger partial charge in [-0.2, -0.15) is 5.26 Å². The minimum absolute atomic E-state index is 0.580. The molecule has 0 bridgehead atoms. The van der Waals surface area contributed by atoms with Crippen molar-refractivity contribution in [2.45, 2.75) is 6.54 Å². The maximum Gasteiger partial charge on any atom is 0.109 e. The zero-order valence-electron chi connectivity index (χ0n) is 10.4. The molecular formula is C14H18N4. The van der Waals surface area contributed by atoms with Gasteiger partial charge in [-0.1, -0.05) is 30.3 Å². The third-order valence-corrected chi connectivity index (χ3v) is 3.20. The summed E-state index contributed by atoms with van der Waals surface area (Å²) in [6.07, 6.45) is 1.41. The fourth-order valence-corrected chi connectivity index (χ4v) is 2.16. The monoisotopic (exact) mass is 242 g/mol. The number of hydrogen-bond donors (Lipinski definition) is 1. The van der Waals surface area contributed by atoms with Crippen molar-refractivity contribution >= 4 is 0 Å². The molecule has 0 aliphatic carbocycles. The summed E-state index contributed by atoms with van der Waals surface area (Å²) in [6, 6.07) is 12.4. The maximum atomic E-state index is 8.57. The molecule has 2 N–H and O–H groups in total. The minimum atomic E-state index is 0.580. The van der Waals surface area contributed by atoms with Crippen molar-refractivity contribution in [2.75, 3.05) is 26.2 Å². The summed E-state index contributed by atoms with van der Waals surface area (Å²) in [5.41, 5.74) is 7.14. The van der Waals surface area contributed by atoms with Crippen LogP contribution in [0.1, 0.15) is 5.56 Å². The Kier molecular flexibility index (Phi) is 4.21. The van der Waals surface area contributed by atoms with Gasteiger partial charge in [0.25, 0.3) is 0 Å². The second-order valence-corrected chi connectivity index (χ2v) is 4.45. The summed E-state index contributed by atoms with van der Waals surface area (Å²) in [4.78, 5) is 4.47. The fourth-order valence-electron chi connectivity index (χ4n) is 2.16. The third kappa shape index (κ3) is 3.25. The van der Waals surface area contributed by atoms with Crippen LogP contribution in [0, 0.1) is 11.3 Å². The molecule has 0 radical (unpaired) electrons. The molecule has 1 aliphatic rings. The molecule has 1 aromatic carbocycles. The van der Waals surface area contributed by atoms with Gasteiger partial charge in [0.1, 0.15) is 5.82 Å². The molecule has 1 saturated heterocycles. The number of rotatable bonds is 3. The second kappa shape index (κ2) is 6.08. The molecule has 0 spiro atoms. The Labute approximate surface area is 108 Å². The molecule has 4 nitrogen and oxygen atoms in total. The maximum absolute atomic E-state index is 8.57. The van der Waals surface area contributed by atoms with Gasteiger partial charge >= 0.3 is 0 Å². The summed E-state index contributed by atoms with van der Waals surface area (Å²) in [6.45, 7) is 4.72. The van der Waals surface area contributed by atoms with Crippen molar-refractivity contribution in [3.8, 4) is 6.07 Å². The van der Waals surface area contributed by atoms with Gasteiger partial charge in [-0.3, -0.25) is 4.90 Å². The number of piperazine rings is 1. The van der Waals surface area contributed by atoms with Crippen molar-refractivity contribution < 1.29 is 0 Å². The van der Waals surface area contributed by atoms with Crippen LogP contribution in [0.25, 0.3) is 0 Å². The van der Waals surface area contributed by atoms with Gasteiger partial charge in [-0.05, 0) is 5.56 Å². The molecule has 0 saturated carbocycles. The van der Waals surface area contributed by atoms with E-state index in [0.29, 0.717) is 5.82 Å². The number of nitriles is 1. The normalized spacial score (nSPS) is 17.5. The number of nitrogens with two attached hydrogens (primary N) is 1. The van der Waals surface area contributed by atoms with Gasteiger partial charge in [0.2, 0.25) is 0 Å². The minimum Gasteiger partial charge on any atom is -0.385 e. The van der Waals surface area contributed by atoms with E-state index < -0.39 is 0 Å². The summed E-state index contributed by atoms with van der Waals surface area (Å²) < 4.78 is 0.